The summed E-state index contributed by atoms with van der Waals surface area (Å²) in [4.78, 5) is 12.3. The van der Waals surface area contributed by atoms with Crippen LogP contribution in [0.3, 0.4) is 0 Å². The third-order valence-corrected chi connectivity index (χ3v) is 6.78. The number of fused-ring (bicyclic) bond motifs is 5. The zero-order chi connectivity index (χ0) is 16.2. The van der Waals surface area contributed by atoms with Crippen molar-refractivity contribution in [3.63, 3.8) is 0 Å². The van der Waals surface area contributed by atoms with Gasteiger partial charge in [-0.05, 0) is 66.9 Å². The van der Waals surface area contributed by atoms with Crippen molar-refractivity contribution in [1.29, 1.82) is 0 Å². The fourth-order valence-electron chi connectivity index (χ4n) is 5.42. The highest BCUT2D eigenvalue weighted by molar-refractivity contribution is 5.89. The Morgan fingerprint density at radius 3 is 2.91 bits per heavy atom. The van der Waals surface area contributed by atoms with Gasteiger partial charge in [-0.15, -0.1) is 0 Å². The molecule has 0 amide bonds. The Hall–Kier alpha value is -1.61. The molecule has 3 aliphatic carbocycles. The minimum Gasteiger partial charge on any atom is -0.497 e. The summed E-state index contributed by atoms with van der Waals surface area (Å²) in [6.07, 6.45) is 7.47. The topological polar surface area (TPSA) is 46.5 Å². The van der Waals surface area contributed by atoms with Gasteiger partial charge in [0.25, 0.3) is 0 Å². The van der Waals surface area contributed by atoms with Crippen LogP contribution in [0.15, 0.2) is 24.3 Å². The van der Waals surface area contributed by atoms with E-state index in [9.17, 15) is 9.90 Å². The molecule has 1 saturated carbocycles. The highest BCUT2D eigenvalue weighted by atomic mass is 16.5. The summed E-state index contributed by atoms with van der Waals surface area (Å²) >= 11 is 0. The van der Waals surface area contributed by atoms with Crippen molar-refractivity contribution in [2.75, 3.05) is 7.11 Å². The Balaban J connectivity index is 1.87. The molecule has 0 aromatic heterocycles. The number of aryl methyl sites for hydroxylation is 1. The van der Waals surface area contributed by atoms with Crippen LogP contribution in [0.4, 0.5) is 0 Å². The maximum Gasteiger partial charge on any atom is 0.130 e. The molecular formula is C20H24O3. The van der Waals surface area contributed by atoms with E-state index in [-0.39, 0.29) is 17.4 Å². The van der Waals surface area contributed by atoms with Crippen LogP contribution >= 0.6 is 0 Å². The highest BCUT2D eigenvalue weighted by Gasteiger charge is 2.59. The molecule has 1 aromatic rings. The summed E-state index contributed by atoms with van der Waals surface area (Å²) in [6.45, 7) is 2.16. The normalized spacial score (nSPS) is 38.1. The molecule has 23 heavy (non-hydrogen) atoms. The lowest BCUT2D eigenvalue weighted by Gasteiger charge is -2.51. The van der Waals surface area contributed by atoms with Crippen LogP contribution in [0, 0.1) is 16.7 Å². The van der Waals surface area contributed by atoms with Crippen LogP contribution in [0.2, 0.25) is 0 Å². The lowest BCUT2D eigenvalue weighted by Crippen LogP contribution is -2.48. The van der Waals surface area contributed by atoms with E-state index in [1.807, 2.05) is 6.07 Å². The molecule has 3 aliphatic rings. The molecule has 0 heterocycles. The first-order chi connectivity index (χ1) is 11.0. The second-order valence-corrected chi connectivity index (χ2v) is 7.65. The van der Waals surface area contributed by atoms with Gasteiger partial charge in [0.15, 0.2) is 0 Å². The van der Waals surface area contributed by atoms with E-state index in [4.69, 9.17) is 4.74 Å². The van der Waals surface area contributed by atoms with Crippen LogP contribution < -0.4 is 4.74 Å². The first-order valence-electron chi connectivity index (χ1n) is 8.57. The molecule has 0 bridgehead atoms. The number of carbonyl (C=O) groups is 1. The van der Waals surface area contributed by atoms with Gasteiger partial charge in [0, 0.05) is 5.41 Å². The van der Waals surface area contributed by atoms with Crippen molar-refractivity contribution in [2.45, 2.75) is 45.1 Å². The van der Waals surface area contributed by atoms with Crippen molar-refractivity contribution >= 4 is 11.9 Å². The number of aliphatic hydroxyl groups excluding tert-OH is 1. The molecule has 3 heteroatoms. The molecule has 4 rings (SSSR count). The molecule has 3 nitrogen and oxygen atoms in total. The maximum absolute atomic E-state index is 12.3. The number of aliphatic hydroxyl groups is 1. The first-order valence-corrected chi connectivity index (χ1v) is 8.57. The van der Waals surface area contributed by atoms with Crippen molar-refractivity contribution in [2.24, 2.45) is 16.7 Å². The number of aldehydes is 1. The first kappa shape index (κ1) is 14.9. The van der Waals surface area contributed by atoms with Gasteiger partial charge >= 0.3 is 0 Å². The summed E-state index contributed by atoms with van der Waals surface area (Å²) in [6, 6.07) is 6.19. The number of carbonyl (C=O) groups excluding carboxylic acids is 1. The Morgan fingerprint density at radius 2 is 2.17 bits per heavy atom. The van der Waals surface area contributed by atoms with E-state index in [1.165, 1.54) is 23.0 Å². The number of hydrogen-bond donors (Lipinski definition) is 1. The Labute approximate surface area is 137 Å². The summed E-state index contributed by atoms with van der Waals surface area (Å²) in [7, 11) is 1.69. The second-order valence-electron chi connectivity index (χ2n) is 7.65. The molecule has 1 N–H and O–H groups in total. The highest BCUT2D eigenvalue weighted by Crippen LogP contribution is 2.63. The van der Waals surface area contributed by atoms with Crippen LogP contribution in [0.1, 0.15) is 43.7 Å². The average Bonchev–Trinajstić information content (AvgIpc) is 2.89. The lowest BCUT2D eigenvalue weighted by molar-refractivity contribution is -0.120. The zero-order valence-corrected chi connectivity index (χ0v) is 13.8. The predicted molar refractivity (Wildman–Crippen MR) is 89.2 cm³/mol. The lowest BCUT2D eigenvalue weighted by atomic mass is 9.52. The Kier molecular flexibility index (Phi) is 3.21. The molecule has 1 aromatic carbocycles. The maximum atomic E-state index is 12.3. The van der Waals surface area contributed by atoms with Crippen molar-refractivity contribution < 1.29 is 14.6 Å². The molecule has 0 spiro atoms. The van der Waals surface area contributed by atoms with Crippen LogP contribution in [0.5, 0.6) is 5.75 Å². The largest absolute Gasteiger partial charge is 0.497 e. The summed E-state index contributed by atoms with van der Waals surface area (Å²) in [5.41, 5.74) is 3.08. The molecular weight excluding hydrogens is 288 g/mol. The standard InChI is InChI=1S/C20H24O3/c1-19-9-8-16-15-4-3-14(23-2)11-13(15)7-10-20(16,12-21)17(19)5-6-18(19)22/h3-4,8,11-12,17-18,22H,5-7,9-10H2,1-2H3/t17?,18-,19-,20-/m0/s1. The molecule has 0 aliphatic heterocycles. The van der Waals surface area contributed by atoms with Gasteiger partial charge in [0.05, 0.1) is 18.6 Å². The third-order valence-electron chi connectivity index (χ3n) is 6.78. The van der Waals surface area contributed by atoms with Crippen LogP contribution in [-0.2, 0) is 11.2 Å². The van der Waals surface area contributed by atoms with Gasteiger partial charge in [-0.3, -0.25) is 0 Å². The Bertz CT molecular complexity index is 692. The van der Waals surface area contributed by atoms with Gasteiger partial charge in [0.2, 0.25) is 0 Å². The quantitative estimate of drug-likeness (QED) is 0.852. The molecule has 1 unspecified atom stereocenters. The van der Waals surface area contributed by atoms with Gasteiger partial charge in [0.1, 0.15) is 12.0 Å². The van der Waals surface area contributed by atoms with E-state index in [0.29, 0.717) is 0 Å². The monoisotopic (exact) mass is 312 g/mol. The van der Waals surface area contributed by atoms with E-state index in [0.717, 1.165) is 37.9 Å². The van der Waals surface area contributed by atoms with E-state index in [2.05, 4.69) is 25.1 Å². The minimum absolute atomic E-state index is 0.158. The number of methoxy groups -OCH3 is 1. The van der Waals surface area contributed by atoms with Crippen LogP contribution in [-0.4, -0.2) is 24.6 Å². The molecule has 4 atom stereocenters. The third kappa shape index (κ3) is 1.83. The van der Waals surface area contributed by atoms with Gasteiger partial charge in [-0.2, -0.15) is 0 Å². The Morgan fingerprint density at radius 1 is 1.35 bits per heavy atom. The summed E-state index contributed by atoms with van der Waals surface area (Å²) in [5.74, 6) is 1.12. The zero-order valence-electron chi connectivity index (χ0n) is 13.8. The van der Waals surface area contributed by atoms with Crippen LogP contribution in [0.25, 0.3) is 5.57 Å². The number of allylic oxidation sites excluding steroid dienone is 2. The molecule has 122 valence electrons. The molecule has 0 saturated heterocycles. The van der Waals surface area contributed by atoms with E-state index < -0.39 is 5.41 Å². The summed E-state index contributed by atoms with van der Waals surface area (Å²) in [5, 5.41) is 10.5. The van der Waals surface area contributed by atoms with E-state index >= 15 is 0 Å². The summed E-state index contributed by atoms with van der Waals surface area (Å²) < 4.78 is 5.35. The van der Waals surface area contributed by atoms with Gasteiger partial charge in [-0.25, -0.2) is 0 Å². The average molecular weight is 312 g/mol. The van der Waals surface area contributed by atoms with Gasteiger partial charge in [-0.1, -0.05) is 19.1 Å². The van der Waals surface area contributed by atoms with Crippen molar-refractivity contribution in [3.8, 4) is 5.75 Å². The molecule has 1 fully saturated rings. The number of benzene rings is 1. The number of ether oxygens (including phenoxy) is 1. The van der Waals surface area contributed by atoms with Crippen molar-refractivity contribution in [1.82, 2.24) is 0 Å². The SMILES string of the molecule is COc1ccc2c(c1)CC[C@]1(C=O)C2=CC[C@@]2(C)C1CC[C@@H]2O. The van der Waals surface area contributed by atoms with Crippen molar-refractivity contribution in [3.05, 3.63) is 35.4 Å². The molecule has 0 radical (unpaired) electrons. The number of hydrogen-bond acceptors (Lipinski definition) is 3. The minimum atomic E-state index is -0.425. The fraction of sp³-hybridized carbons (Fsp3) is 0.550. The fourth-order valence-corrected chi connectivity index (χ4v) is 5.42. The number of rotatable bonds is 2. The van der Waals surface area contributed by atoms with Gasteiger partial charge < -0.3 is 14.6 Å². The second kappa shape index (κ2) is 4.94. The smallest absolute Gasteiger partial charge is 0.130 e. The van der Waals surface area contributed by atoms with E-state index in [1.54, 1.807) is 7.11 Å². The predicted octanol–water partition coefficient (Wildman–Crippen LogP) is 3.39.